The Hall–Kier alpha value is -0.0800. The van der Waals surface area contributed by atoms with E-state index < -0.39 is 0 Å². The number of hydrogen-bond acceptors (Lipinski definition) is 2. The highest BCUT2D eigenvalue weighted by atomic mass is 15.2. The maximum absolute atomic E-state index is 3.58. The van der Waals surface area contributed by atoms with E-state index in [1.807, 2.05) is 0 Å². The summed E-state index contributed by atoms with van der Waals surface area (Å²) in [5.74, 6) is 0. The molecule has 2 saturated heterocycles. The molecule has 0 spiro atoms. The molecule has 2 rings (SSSR count). The molecular weight excluding hydrogens is 160 g/mol. The minimum absolute atomic E-state index is 0.792. The first-order valence-corrected chi connectivity index (χ1v) is 5.83. The standard InChI is InChI=1S/C11H22N2/c1-10-5-2-3-8-13(10)9-11-6-4-7-12-11/h10-12H,2-9H2,1H3/t10-,11+/m0/s1. The van der Waals surface area contributed by atoms with Crippen LogP contribution < -0.4 is 5.32 Å². The molecule has 2 aliphatic rings. The van der Waals surface area contributed by atoms with Gasteiger partial charge in [-0.1, -0.05) is 6.42 Å². The number of rotatable bonds is 2. The largest absolute Gasteiger partial charge is 0.313 e. The number of piperidine rings is 1. The van der Waals surface area contributed by atoms with E-state index in [1.165, 1.54) is 51.7 Å². The first kappa shape index (κ1) is 9.47. The van der Waals surface area contributed by atoms with Gasteiger partial charge in [-0.05, 0) is 45.7 Å². The first-order chi connectivity index (χ1) is 6.36. The number of likely N-dealkylation sites (tertiary alicyclic amines) is 1. The SMILES string of the molecule is C[C@H]1CCCCN1C[C@H]1CCCN1. The molecule has 0 unspecified atom stereocenters. The van der Waals surface area contributed by atoms with Crippen LogP contribution in [0.1, 0.15) is 39.0 Å². The second kappa shape index (κ2) is 4.43. The van der Waals surface area contributed by atoms with Gasteiger partial charge in [-0.2, -0.15) is 0 Å². The van der Waals surface area contributed by atoms with Gasteiger partial charge in [-0.3, -0.25) is 4.90 Å². The molecule has 0 aliphatic carbocycles. The van der Waals surface area contributed by atoms with E-state index in [0.717, 1.165) is 12.1 Å². The summed E-state index contributed by atoms with van der Waals surface area (Å²) in [6.45, 7) is 6.25. The van der Waals surface area contributed by atoms with Gasteiger partial charge in [0.15, 0.2) is 0 Å². The van der Waals surface area contributed by atoms with E-state index in [9.17, 15) is 0 Å². The maximum atomic E-state index is 3.58. The molecule has 2 aliphatic heterocycles. The molecule has 0 bridgehead atoms. The highest BCUT2D eigenvalue weighted by molar-refractivity contribution is 4.81. The molecule has 2 atom stereocenters. The lowest BCUT2D eigenvalue weighted by atomic mass is 10.0. The predicted octanol–water partition coefficient (Wildman–Crippen LogP) is 1.61. The topological polar surface area (TPSA) is 15.3 Å². The lowest BCUT2D eigenvalue weighted by molar-refractivity contribution is 0.148. The average molecular weight is 182 g/mol. The Kier molecular flexibility index (Phi) is 3.23. The quantitative estimate of drug-likeness (QED) is 0.698. The van der Waals surface area contributed by atoms with Gasteiger partial charge < -0.3 is 5.32 Å². The summed E-state index contributed by atoms with van der Waals surface area (Å²) in [6.07, 6.45) is 7.04. The molecule has 13 heavy (non-hydrogen) atoms. The zero-order valence-electron chi connectivity index (χ0n) is 8.76. The van der Waals surface area contributed by atoms with Crippen molar-refractivity contribution in [2.45, 2.75) is 51.1 Å². The van der Waals surface area contributed by atoms with Crippen LogP contribution >= 0.6 is 0 Å². The monoisotopic (exact) mass is 182 g/mol. The van der Waals surface area contributed by atoms with E-state index in [4.69, 9.17) is 0 Å². The fourth-order valence-corrected chi connectivity index (χ4v) is 2.62. The van der Waals surface area contributed by atoms with Crippen molar-refractivity contribution in [1.29, 1.82) is 0 Å². The van der Waals surface area contributed by atoms with Crippen molar-refractivity contribution in [2.24, 2.45) is 0 Å². The number of nitrogens with zero attached hydrogens (tertiary/aromatic N) is 1. The van der Waals surface area contributed by atoms with E-state index in [2.05, 4.69) is 17.1 Å². The fourth-order valence-electron chi connectivity index (χ4n) is 2.62. The first-order valence-electron chi connectivity index (χ1n) is 5.83. The van der Waals surface area contributed by atoms with Crippen LogP contribution in [0, 0.1) is 0 Å². The Labute approximate surface area is 81.7 Å². The normalized spacial score (nSPS) is 36.7. The molecule has 0 aromatic heterocycles. The van der Waals surface area contributed by atoms with Gasteiger partial charge in [0, 0.05) is 18.6 Å². The Bertz CT molecular complexity index is 152. The third-order valence-electron chi connectivity index (χ3n) is 3.56. The van der Waals surface area contributed by atoms with E-state index in [0.29, 0.717) is 0 Å². The lowest BCUT2D eigenvalue weighted by Crippen LogP contribution is -2.44. The van der Waals surface area contributed by atoms with Gasteiger partial charge in [-0.25, -0.2) is 0 Å². The van der Waals surface area contributed by atoms with Crippen LogP contribution in [0.15, 0.2) is 0 Å². The summed E-state index contributed by atoms with van der Waals surface area (Å²) < 4.78 is 0. The van der Waals surface area contributed by atoms with Crippen LogP contribution in [-0.4, -0.2) is 36.6 Å². The molecule has 76 valence electrons. The van der Waals surface area contributed by atoms with E-state index in [1.54, 1.807) is 0 Å². The fraction of sp³-hybridized carbons (Fsp3) is 1.00. The summed E-state index contributed by atoms with van der Waals surface area (Å²) >= 11 is 0. The van der Waals surface area contributed by atoms with Crippen molar-refractivity contribution in [3.05, 3.63) is 0 Å². The molecule has 2 heteroatoms. The summed E-state index contributed by atoms with van der Waals surface area (Å²) in [5, 5.41) is 3.58. The molecule has 2 heterocycles. The zero-order chi connectivity index (χ0) is 9.10. The summed E-state index contributed by atoms with van der Waals surface area (Å²) in [4.78, 5) is 2.67. The van der Waals surface area contributed by atoms with Crippen molar-refractivity contribution in [2.75, 3.05) is 19.6 Å². The van der Waals surface area contributed by atoms with E-state index >= 15 is 0 Å². The lowest BCUT2D eigenvalue weighted by Gasteiger charge is -2.35. The third kappa shape index (κ3) is 2.44. The highest BCUT2D eigenvalue weighted by Crippen LogP contribution is 2.18. The van der Waals surface area contributed by atoms with Crippen LogP contribution in [0.2, 0.25) is 0 Å². The van der Waals surface area contributed by atoms with E-state index in [-0.39, 0.29) is 0 Å². The van der Waals surface area contributed by atoms with Crippen molar-refractivity contribution >= 4 is 0 Å². The van der Waals surface area contributed by atoms with Crippen LogP contribution in [0.5, 0.6) is 0 Å². The van der Waals surface area contributed by atoms with Gasteiger partial charge in [0.25, 0.3) is 0 Å². The molecule has 0 amide bonds. The molecule has 0 aromatic carbocycles. The minimum Gasteiger partial charge on any atom is -0.313 e. The number of hydrogen-bond donors (Lipinski definition) is 1. The van der Waals surface area contributed by atoms with Gasteiger partial charge in [0.2, 0.25) is 0 Å². The minimum atomic E-state index is 0.792. The van der Waals surface area contributed by atoms with Gasteiger partial charge in [0.1, 0.15) is 0 Å². The molecule has 0 radical (unpaired) electrons. The van der Waals surface area contributed by atoms with Crippen molar-refractivity contribution in [3.63, 3.8) is 0 Å². The van der Waals surface area contributed by atoms with Gasteiger partial charge in [0.05, 0.1) is 0 Å². The summed E-state index contributed by atoms with van der Waals surface area (Å²) in [6, 6.07) is 1.62. The summed E-state index contributed by atoms with van der Waals surface area (Å²) in [7, 11) is 0. The smallest absolute Gasteiger partial charge is 0.0195 e. The number of nitrogens with one attached hydrogen (secondary N) is 1. The van der Waals surface area contributed by atoms with Crippen LogP contribution in [-0.2, 0) is 0 Å². The van der Waals surface area contributed by atoms with Crippen molar-refractivity contribution in [3.8, 4) is 0 Å². The maximum Gasteiger partial charge on any atom is 0.0195 e. The second-order valence-electron chi connectivity index (χ2n) is 4.63. The molecule has 0 saturated carbocycles. The Morgan fingerprint density at radius 1 is 1.23 bits per heavy atom. The predicted molar refractivity (Wildman–Crippen MR) is 55.9 cm³/mol. The van der Waals surface area contributed by atoms with Gasteiger partial charge in [-0.15, -0.1) is 0 Å². The van der Waals surface area contributed by atoms with Crippen LogP contribution in [0.3, 0.4) is 0 Å². The average Bonchev–Trinajstić information content (AvgIpc) is 2.61. The zero-order valence-corrected chi connectivity index (χ0v) is 8.76. The Balaban J connectivity index is 1.78. The highest BCUT2D eigenvalue weighted by Gasteiger charge is 2.22. The molecular formula is C11H22N2. The summed E-state index contributed by atoms with van der Waals surface area (Å²) in [5.41, 5.74) is 0. The second-order valence-corrected chi connectivity index (χ2v) is 4.63. The van der Waals surface area contributed by atoms with Crippen LogP contribution in [0.25, 0.3) is 0 Å². The Morgan fingerprint density at radius 3 is 2.85 bits per heavy atom. The third-order valence-corrected chi connectivity index (χ3v) is 3.56. The Morgan fingerprint density at radius 2 is 2.15 bits per heavy atom. The van der Waals surface area contributed by atoms with Gasteiger partial charge >= 0.3 is 0 Å². The molecule has 0 aromatic rings. The van der Waals surface area contributed by atoms with Crippen LogP contribution in [0.4, 0.5) is 0 Å². The molecule has 2 fully saturated rings. The molecule has 2 nitrogen and oxygen atoms in total. The molecule has 1 N–H and O–H groups in total. The van der Waals surface area contributed by atoms with Crippen molar-refractivity contribution < 1.29 is 0 Å². The van der Waals surface area contributed by atoms with Crippen molar-refractivity contribution in [1.82, 2.24) is 10.2 Å².